The molecule has 0 bridgehead atoms. The number of carboxylic acids is 1. The van der Waals surface area contributed by atoms with Gasteiger partial charge in [-0.25, -0.2) is 9.78 Å². The van der Waals surface area contributed by atoms with Crippen LogP contribution in [0.25, 0.3) is 0 Å². The summed E-state index contributed by atoms with van der Waals surface area (Å²) in [5.74, 6) is -0.925. The molecule has 0 spiro atoms. The summed E-state index contributed by atoms with van der Waals surface area (Å²) < 4.78 is 0. The molecule has 3 N–H and O–H groups in total. The molecule has 0 saturated carbocycles. The van der Waals surface area contributed by atoms with Crippen LogP contribution in [0.2, 0.25) is 0 Å². The van der Waals surface area contributed by atoms with Crippen LogP contribution < -0.4 is 0 Å². The second-order valence-corrected chi connectivity index (χ2v) is 4.48. The van der Waals surface area contributed by atoms with Crippen molar-refractivity contribution in [3.8, 4) is 5.75 Å². The van der Waals surface area contributed by atoms with Crippen molar-refractivity contribution in [2.75, 3.05) is 6.26 Å². The van der Waals surface area contributed by atoms with Gasteiger partial charge in [0.1, 0.15) is 5.75 Å². The Morgan fingerprint density at radius 1 is 1.44 bits per heavy atom. The molecule has 2 rings (SSSR count). The molecule has 0 unspecified atom stereocenters. The maximum Gasteiger partial charge on any atom is 0.356 e. The Morgan fingerprint density at radius 2 is 2.17 bits per heavy atom. The molecule has 18 heavy (non-hydrogen) atoms. The molecule has 0 radical (unpaired) electrons. The van der Waals surface area contributed by atoms with Gasteiger partial charge in [0, 0.05) is 6.42 Å². The number of phenolic OH excluding ortho intramolecular Hbond substituents is 1. The lowest BCUT2D eigenvalue weighted by Gasteiger charge is -2.03. The van der Waals surface area contributed by atoms with E-state index in [4.69, 9.17) is 5.11 Å². The van der Waals surface area contributed by atoms with Crippen LogP contribution in [0, 0.1) is 0 Å². The van der Waals surface area contributed by atoms with E-state index in [1.165, 1.54) is 11.8 Å². The van der Waals surface area contributed by atoms with Crippen LogP contribution in [0.15, 0.2) is 29.4 Å². The van der Waals surface area contributed by atoms with E-state index in [1.54, 1.807) is 24.3 Å². The zero-order chi connectivity index (χ0) is 13.1. The summed E-state index contributed by atoms with van der Waals surface area (Å²) in [5.41, 5.74) is 1.16. The third-order valence-electron chi connectivity index (χ3n) is 2.51. The van der Waals surface area contributed by atoms with Crippen molar-refractivity contribution < 1.29 is 15.0 Å². The predicted molar refractivity (Wildman–Crippen MR) is 68.2 cm³/mol. The molecule has 2 aromatic rings. The van der Waals surface area contributed by atoms with Gasteiger partial charge in [0.15, 0.2) is 10.9 Å². The highest BCUT2D eigenvalue weighted by Gasteiger charge is 2.17. The summed E-state index contributed by atoms with van der Waals surface area (Å²) in [6, 6.07) is 6.83. The van der Waals surface area contributed by atoms with Gasteiger partial charge in [0.25, 0.3) is 0 Å². The normalized spacial score (nSPS) is 10.5. The number of aromatic nitrogens is 2. The first-order chi connectivity index (χ1) is 8.61. The third-order valence-corrected chi connectivity index (χ3v) is 3.09. The first-order valence-corrected chi connectivity index (χ1v) is 6.47. The topological polar surface area (TPSA) is 86.2 Å². The molecular formula is C12H12N2O3S. The number of aromatic carboxylic acids is 1. The van der Waals surface area contributed by atoms with E-state index in [0.29, 0.717) is 22.8 Å². The summed E-state index contributed by atoms with van der Waals surface area (Å²) in [5, 5.41) is 19.3. The fourth-order valence-electron chi connectivity index (χ4n) is 1.64. The highest BCUT2D eigenvalue weighted by Crippen LogP contribution is 2.22. The largest absolute Gasteiger partial charge is 0.508 e. The predicted octanol–water partition coefficient (Wildman–Crippen LogP) is 2.13. The zero-order valence-electron chi connectivity index (χ0n) is 9.67. The van der Waals surface area contributed by atoms with Crippen LogP contribution in [-0.2, 0) is 6.42 Å². The number of para-hydroxylation sites is 1. The number of carboxylic acid groups (broad SMARTS) is 1. The van der Waals surface area contributed by atoms with Crippen molar-refractivity contribution >= 4 is 17.7 Å². The standard InChI is InChI=1S/C12H12N2O3S/c1-18-12-13-8(10(14-12)11(16)17)6-7-4-2-3-5-9(7)15/h2-5,15H,6H2,1H3,(H,13,14)(H,16,17). The fourth-order valence-corrected chi connectivity index (χ4v) is 2.05. The van der Waals surface area contributed by atoms with Crippen LogP contribution in [0.4, 0.5) is 0 Å². The van der Waals surface area contributed by atoms with E-state index in [1.807, 2.05) is 6.26 Å². The first-order valence-electron chi connectivity index (χ1n) is 5.25. The molecule has 1 aromatic carbocycles. The SMILES string of the molecule is CSc1nc(C(=O)O)c(Cc2ccccc2O)[nH]1. The lowest BCUT2D eigenvalue weighted by molar-refractivity contribution is 0.0689. The number of benzene rings is 1. The zero-order valence-corrected chi connectivity index (χ0v) is 10.5. The molecule has 1 aromatic heterocycles. The fraction of sp³-hybridized carbons (Fsp3) is 0.167. The van der Waals surface area contributed by atoms with Crippen molar-refractivity contribution in [1.29, 1.82) is 0 Å². The lowest BCUT2D eigenvalue weighted by atomic mass is 10.1. The summed E-state index contributed by atoms with van der Waals surface area (Å²) in [6.07, 6.45) is 2.12. The molecule has 0 aliphatic heterocycles. The second kappa shape index (κ2) is 5.14. The highest BCUT2D eigenvalue weighted by molar-refractivity contribution is 7.98. The molecule has 0 amide bonds. The Labute approximate surface area is 108 Å². The molecule has 94 valence electrons. The smallest absolute Gasteiger partial charge is 0.356 e. The summed E-state index contributed by atoms with van der Waals surface area (Å²) in [7, 11) is 0. The average Bonchev–Trinajstić information content (AvgIpc) is 2.75. The number of carbonyl (C=O) groups is 1. The van der Waals surface area contributed by atoms with Crippen LogP contribution in [0.1, 0.15) is 21.7 Å². The van der Waals surface area contributed by atoms with Gasteiger partial charge in [-0.1, -0.05) is 30.0 Å². The molecule has 0 saturated heterocycles. The molecule has 1 heterocycles. The second-order valence-electron chi connectivity index (χ2n) is 3.68. The maximum absolute atomic E-state index is 11.1. The van der Waals surface area contributed by atoms with E-state index in [2.05, 4.69) is 9.97 Å². The van der Waals surface area contributed by atoms with Crippen LogP contribution in [0.5, 0.6) is 5.75 Å². The molecule has 0 aliphatic rings. The number of phenols is 1. The Balaban J connectivity index is 2.36. The number of nitrogens with one attached hydrogen (secondary N) is 1. The van der Waals surface area contributed by atoms with Crippen molar-refractivity contribution in [1.82, 2.24) is 9.97 Å². The van der Waals surface area contributed by atoms with E-state index in [9.17, 15) is 9.90 Å². The third kappa shape index (κ3) is 2.48. The van der Waals surface area contributed by atoms with Gasteiger partial charge >= 0.3 is 5.97 Å². The quantitative estimate of drug-likeness (QED) is 0.736. The van der Waals surface area contributed by atoms with Crippen LogP contribution >= 0.6 is 11.8 Å². The minimum Gasteiger partial charge on any atom is -0.508 e. The van der Waals surface area contributed by atoms with Gasteiger partial charge in [-0.05, 0) is 17.9 Å². The van der Waals surface area contributed by atoms with Gasteiger partial charge < -0.3 is 15.2 Å². The number of thioether (sulfide) groups is 1. The molecule has 0 atom stereocenters. The molecule has 6 heteroatoms. The molecule has 0 aliphatic carbocycles. The number of hydrogen-bond donors (Lipinski definition) is 3. The minimum atomic E-state index is -1.07. The average molecular weight is 264 g/mol. The van der Waals surface area contributed by atoms with Gasteiger partial charge in [0.2, 0.25) is 0 Å². The Kier molecular flexibility index (Phi) is 3.57. The number of H-pyrrole nitrogens is 1. The maximum atomic E-state index is 11.1. The van der Waals surface area contributed by atoms with Crippen molar-refractivity contribution in [2.45, 2.75) is 11.6 Å². The van der Waals surface area contributed by atoms with E-state index in [0.717, 1.165) is 0 Å². The van der Waals surface area contributed by atoms with E-state index < -0.39 is 5.97 Å². The highest BCUT2D eigenvalue weighted by atomic mass is 32.2. The summed E-state index contributed by atoms with van der Waals surface area (Å²) in [6.45, 7) is 0. The lowest BCUT2D eigenvalue weighted by Crippen LogP contribution is -2.02. The number of aromatic hydroxyl groups is 1. The molecular weight excluding hydrogens is 252 g/mol. The monoisotopic (exact) mass is 264 g/mol. The van der Waals surface area contributed by atoms with Gasteiger partial charge in [0.05, 0.1) is 5.69 Å². The number of hydrogen-bond acceptors (Lipinski definition) is 4. The first kappa shape index (κ1) is 12.5. The Bertz CT molecular complexity index is 580. The minimum absolute atomic E-state index is 0.00241. The van der Waals surface area contributed by atoms with Gasteiger partial charge in [-0.3, -0.25) is 0 Å². The van der Waals surface area contributed by atoms with Gasteiger partial charge in [-0.15, -0.1) is 0 Å². The van der Waals surface area contributed by atoms with Crippen LogP contribution in [-0.4, -0.2) is 32.4 Å². The molecule has 5 nitrogen and oxygen atoms in total. The van der Waals surface area contributed by atoms with Crippen molar-refractivity contribution in [2.24, 2.45) is 0 Å². The van der Waals surface area contributed by atoms with Crippen molar-refractivity contribution in [3.63, 3.8) is 0 Å². The Hall–Kier alpha value is -1.95. The Morgan fingerprint density at radius 3 is 2.78 bits per heavy atom. The van der Waals surface area contributed by atoms with Crippen LogP contribution in [0.3, 0.4) is 0 Å². The number of aromatic amines is 1. The van der Waals surface area contributed by atoms with Crippen molar-refractivity contribution in [3.05, 3.63) is 41.2 Å². The van der Waals surface area contributed by atoms with E-state index >= 15 is 0 Å². The summed E-state index contributed by atoms with van der Waals surface area (Å²) >= 11 is 1.34. The number of imidazole rings is 1. The number of nitrogens with zero attached hydrogens (tertiary/aromatic N) is 1. The van der Waals surface area contributed by atoms with Gasteiger partial charge in [-0.2, -0.15) is 0 Å². The number of rotatable bonds is 4. The summed E-state index contributed by atoms with van der Waals surface area (Å²) in [4.78, 5) is 18.0. The molecule has 0 fully saturated rings. The van der Waals surface area contributed by atoms with E-state index in [-0.39, 0.29) is 11.4 Å².